The van der Waals surface area contributed by atoms with Crippen LogP contribution in [-0.2, 0) is 22.6 Å². The Morgan fingerprint density at radius 2 is 1.67 bits per heavy atom. The lowest BCUT2D eigenvalue weighted by molar-refractivity contribution is -0.140. The molecule has 162 valence electrons. The molecule has 30 heavy (non-hydrogen) atoms. The second-order valence-corrected chi connectivity index (χ2v) is 8.32. The summed E-state index contributed by atoms with van der Waals surface area (Å²) in [4.78, 5) is 27.8. The highest BCUT2D eigenvalue weighted by molar-refractivity contribution is 6.42. The van der Waals surface area contributed by atoms with Gasteiger partial charge in [0.25, 0.3) is 0 Å². The fourth-order valence-electron chi connectivity index (χ4n) is 3.24. The third kappa shape index (κ3) is 7.03. The van der Waals surface area contributed by atoms with Gasteiger partial charge in [-0.25, -0.2) is 0 Å². The Hall–Kier alpha value is -2.04. The van der Waals surface area contributed by atoms with Crippen LogP contribution >= 0.6 is 23.2 Å². The Morgan fingerprint density at radius 3 is 2.27 bits per heavy atom. The summed E-state index contributed by atoms with van der Waals surface area (Å²) in [6, 6.07) is 12.6. The molecular formula is C24H30Cl2N2O2. The van der Waals surface area contributed by atoms with Crippen molar-refractivity contribution in [1.29, 1.82) is 0 Å². The summed E-state index contributed by atoms with van der Waals surface area (Å²) in [5, 5.41) is 3.86. The minimum Gasteiger partial charge on any atom is -0.354 e. The van der Waals surface area contributed by atoms with Gasteiger partial charge in [-0.3, -0.25) is 9.59 Å². The van der Waals surface area contributed by atoms with E-state index in [1.165, 1.54) is 0 Å². The first-order valence-corrected chi connectivity index (χ1v) is 11.2. The number of rotatable bonds is 10. The Balaban J connectivity index is 2.26. The van der Waals surface area contributed by atoms with Crippen molar-refractivity contribution in [1.82, 2.24) is 10.2 Å². The standard InChI is InChI=1S/C24H30Cl2N2O2/c1-4-6-13-27-24(30)22(5-2)28(16-19-11-12-20(25)21(26)14-19)23(29)15-18-9-7-17(3)8-10-18/h7-12,14,22H,4-6,13,15-16H2,1-3H3,(H,27,30)/t22-/m0/s1. The van der Waals surface area contributed by atoms with Crippen molar-refractivity contribution in [3.63, 3.8) is 0 Å². The molecule has 2 amide bonds. The quantitative estimate of drug-likeness (QED) is 0.483. The molecule has 0 aliphatic heterocycles. The van der Waals surface area contributed by atoms with Gasteiger partial charge in [-0.1, -0.05) is 79.4 Å². The maximum absolute atomic E-state index is 13.3. The first-order valence-electron chi connectivity index (χ1n) is 10.4. The summed E-state index contributed by atoms with van der Waals surface area (Å²) in [5.41, 5.74) is 2.90. The maximum Gasteiger partial charge on any atom is 0.242 e. The number of amides is 2. The second kappa shape index (κ2) is 12.0. The molecule has 0 radical (unpaired) electrons. The molecule has 0 saturated carbocycles. The number of hydrogen-bond acceptors (Lipinski definition) is 2. The van der Waals surface area contributed by atoms with Crippen LogP contribution in [0.25, 0.3) is 0 Å². The van der Waals surface area contributed by atoms with Crippen LogP contribution in [0, 0.1) is 6.92 Å². The largest absolute Gasteiger partial charge is 0.354 e. The van der Waals surface area contributed by atoms with E-state index in [-0.39, 0.29) is 18.2 Å². The fraction of sp³-hybridized carbons (Fsp3) is 0.417. The zero-order valence-corrected chi connectivity index (χ0v) is 19.4. The van der Waals surface area contributed by atoms with Gasteiger partial charge in [0, 0.05) is 13.1 Å². The smallest absolute Gasteiger partial charge is 0.242 e. The Morgan fingerprint density at radius 1 is 1.00 bits per heavy atom. The molecule has 0 unspecified atom stereocenters. The number of halogens is 2. The SMILES string of the molecule is CCCCNC(=O)[C@H](CC)N(Cc1ccc(Cl)c(Cl)c1)C(=O)Cc1ccc(C)cc1. The first-order chi connectivity index (χ1) is 14.3. The molecule has 0 fully saturated rings. The Labute approximate surface area is 189 Å². The van der Waals surface area contributed by atoms with Crippen LogP contribution in [0.3, 0.4) is 0 Å². The number of aryl methyl sites for hydroxylation is 1. The zero-order chi connectivity index (χ0) is 22.1. The van der Waals surface area contributed by atoms with E-state index in [4.69, 9.17) is 23.2 Å². The third-order valence-electron chi connectivity index (χ3n) is 5.03. The molecule has 2 rings (SSSR count). The van der Waals surface area contributed by atoms with Crippen molar-refractivity contribution in [2.75, 3.05) is 6.54 Å². The van der Waals surface area contributed by atoms with Gasteiger partial charge in [-0.2, -0.15) is 0 Å². The van der Waals surface area contributed by atoms with E-state index in [0.29, 0.717) is 29.6 Å². The topological polar surface area (TPSA) is 49.4 Å². The van der Waals surface area contributed by atoms with Crippen LogP contribution in [0.4, 0.5) is 0 Å². The molecule has 2 aromatic rings. The number of carbonyl (C=O) groups is 2. The molecule has 0 bridgehead atoms. The van der Waals surface area contributed by atoms with Crippen LogP contribution in [0.5, 0.6) is 0 Å². The predicted molar refractivity (Wildman–Crippen MR) is 124 cm³/mol. The van der Waals surface area contributed by atoms with Crippen LogP contribution in [0.1, 0.15) is 49.8 Å². The van der Waals surface area contributed by atoms with Crippen molar-refractivity contribution in [3.8, 4) is 0 Å². The molecule has 0 spiro atoms. The number of hydrogen-bond donors (Lipinski definition) is 1. The number of benzene rings is 2. The first kappa shape index (κ1) is 24.2. The minimum atomic E-state index is -0.547. The summed E-state index contributed by atoms with van der Waals surface area (Å²) >= 11 is 12.2. The lowest BCUT2D eigenvalue weighted by atomic mass is 10.1. The molecule has 4 nitrogen and oxygen atoms in total. The highest BCUT2D eigenvalue weighted by Gasteiger charge is 2.28. The van der Waals surface area contributed by atoms with Gasteiger partial charge in [0.2, 0.25) is 11.8 Å². The molecule has 0 aromatic heterocycles. The molecule has 1 N–H and O–H groups in total. The van der Waals surface area contributed by atoms with Gasteiger partial charge in [0.15, 0.2) is 0 Å². The molecule has 0 heterocycles. The monoisotopic (exact) mass is 448 g/mol. The van der Waals surface area contributed by atoms with Crippen molar-refractivity contribution in [3.05, 3.63) is 69.2 Å². The molecule has 2 aromatic carbocycles. The Kier molecular flexibility index (Phi) is 9.67. The average Bonchev–Trinajstić information content (AvgIpc) is 2.72. The molecule has 0 aliphatic rings. The normalized spacial score (nSPS) is 11.8. The lowest BCUT2D eigenvalue weighted by Gasteiger charge is -2.31. The second-order valence-electron chi connectivity index (χ2n) is 7.50. The summed E-state index contributed by atoms with van der Waals surface area (Å²) in [6.07, 6.45) is 2.67. The van der Waals surface area contributed by atoms with Gasteiger partial charge in [0.1, 0.15) is 6.04 Å². The van der Waals surface area contributed by atoms with Crippen LogP contribution in [0.15, 0.2) is 42.5 Å². The lowest BCUT2D eigenvalue weighted by Crippen LogP contribution is -2.49. The van der Waals surface area contributed by atoms with E-state index in [2.05, 4.69) is 12.2 Å². The molecule has 0 saturated heterocycles. The van der Waals surface area contributed by atoms with E-state index in [9.17, 15) is 9.59 Å². The number of nitrogens with zero attached hydrogens (tertiary/aromatic N) is 1. The Bertz CT molecular complexity index is 853. The predicted octanol–water partition coefficient (Wildman–Crippen LogP) is 5.57. The van der Waals surface area contributed by atoms with Gasteiger partial charge >= 0.3 is 0 Å². The van der Waals surface area contributed by atoms with Gasteiger partial charge in [0.05, 0.1) is 16.5 Å². The van der Waals surface area contributed by atoms with E-state index >= 15 is 0 Å². The van der Waals surface area contributed by atoms with Crippen LogP contribution < -0.4 is 5.32 Å². The molecule has 0 aliphatic carbocycles. The summed E-state index contributed by atoms with van der Waals surface area (Å²) in [7, 11) is 0. The van der Waals surface area contributed by atoms with Crippen molar-refractivity contribution in [2.24, 2.45) is 0 Å². The van der Waals surface area contributed by atoms with E-state index in [1.54, 1.807) is 17.0 Å². The van der Waals surface area contributed by atoms with E-state index in [1.807, 2.05) is 44.2 Å². The highest BCUT2D eigenvalue weighted by atomic mass is 35.5. The highest BCUT2D eigenvalue weighted by Crippen LogP contribution is 2.24. The van der Waals surface area contributed by atoms with Gasteiger partial charge in [-0.05, 0) is 43.0 Å². The number of unbranched alkanes of at least 4 members (excludes halogenated alkanes) is 1. The van der Waals surface area contributed by atoms with E-state index in [0.717, 1.165) is 29.5 Å². The van der Waals surface area contributed by atoms with E-state index < -0.39 is 6.04 Å². The van der Waals surface area contributed by atoms with Gasteiger partial charge < -0.3 is 10.2 Å². The molecule has 1 atom stereocenters. The third-order valence-corrected chi connectivity index (χ3v) is 5.77. The van der Waals surface area contributed by atoms with Crippen molar-refractivity contribution < 1.29 is 9.59 Å². The zero-order valence-electron chi connectivity index (χ0n) is 17.9. The molecule has 6 heteroatoms. The number of nitrogens with one attached hydrogen (secondary N) is 1. The molecular weight excluding hydrogens is 419 g/mol. The van der Waals surface area contributed by atoms with Crippen molar-refractivity contribution >= 4 is 35.0 Å². The summed E-state index contributed by atoms with van der Waals surface area (Å²) in [6.45, 7) is 6.91. The van der Waals surface area contributed by atoms with Gasteiger partial charge in [-0.15, -0.1) is 0 Å². The average molecular weight is 449 g/mol. The summed E-state index contributed by atoms with van der Waals surface area (Å²) in [5.74, 6) is -0.217. The number of carbonyl (C=O) groups excluding carboxylic acids is 2. The maximum atomic E-state index is 13.3. The fourth-order valence-corrected chi connectivity index (χ4v) is 3.56. The van der Waals surface area contributed by atoms with Crippen LogP contribution in [-0.4, -0.2) is 29.3 Å². The van der Waals surface area contributed by atoms with Crippen LogP contribution in [0.2, 0.25) is 10.0 Å². The summed E-state index contributed by atoms with van der Waals surface area (Å²) < 4.78 is 0. The minimum absolute atomic E-state index is 0.0950. The van der Waals surface area contributed by atoms with Crippen molar-refractivity contribution in [2.45, 2.75) is 59.0 Å².